The predicted molar refractivity (Wildman–Crippen MR) is 116 cm³/mol. The van der Waals surface area contributed by atoms with Crippen LogP contribution in [0.1, 0.15) is 22.5 Å². The zero-order chi connectivity index (χ0) is 17.5. The summed E-state index contributed by atoms with van der Waals surface area (Å²) in [5.41, 5.74) is 4.84. The molecule has 0 fully saturated rings. The van der Waals surface area contributed by atoms with Gasteiger partial charge >= 0.3 is 0 Å². The van der Waals surface area contributed by atoms with Crippen molar-refractivity contribution in [1.29, 1.82) is 0 Å². The summed E-state index contributed by atoms with van der Waals surface area (Å²) in [6.07, 6.45) is 1.84. The first-order valence-corrected chi connectivity index (χ1v) is 8.57. The van der Waals surface area contributed by atoms with Gasteiger partial charge in [-0.05, 0) is 49.9 Å². The maximum Gasteiger partial charge on any atom is 0.190 e. The first kappa shape index (κ1) is 21.8. The van der Waals surface area contributed by atoms with Gasteiger partial charge in [0.15, 0.2) is 5.96 Å². The van der Waals surface area contributed by atoms with Crippen molar-refractivity contribution in [3.05, 3.63) is 51.8 Å². The Hall–Kier alpha value is -1.28. The lowest BCUT2D eigenvalue weighted by Gasteiger charge is -2.12. The normalized spacial score (nSPS) is 11.2. The van der Waals surface area contributed by atoms with E-state index >= 15 is 0 Å². The Kier molecular flexibility index (Phi) is 9.27. The summed E-state index contributed by atoms with van der Waals surface area (Å²) in [5.74, 6) is 0.816. The van der Waals surface area contributed by atoms with Crippen LogP contribution in [0.3, 0.4) is 0 Å². The van der Waals surface area contributed by atoms with E-state index in [0.29, 0.717) is 0 Å². The first-order chi connectivity index (χ1) is 11.5. The van der Waals surface area contributed by atoms with E-state index < -0.39 is 0 Å². The Bertz CT molecular complexity index is 711. The lowest BCUT2D eigenvalue weighted by Crippen LogP contribution is -2.39. The number of guanidine groups is 1. The molecule has 0 aliphatic carbocycles. The van der Waals surface area contributed by atoms with Gasteiger partial charge in [0.2, 0.25) is 0 Å². The SMILES string of the molecule is CN=C(NCCc1cccc(Cl)c1)NCCc1c(C)nn(C)c1C.I. The van der Waals surface area contributed by atoms with Crippen molar-refractivity contribution in [1.82, 2.24) is 20.4 Å². The van der Waals surface area contributed by atoms with E-state index in [2.05, 4.69) is 40.6 Å². The van der Waals surface area contributed by atoms with Crippen LogP contribution in [0.5, 0.6) is 0 Å². The minimum atomic E-state index is 0. The van der Waals surface area contributed by atoms with Crippen molar-refractivity contribution in [2.45, 2.75) is 26.7 Å². The highest BCUT2D eigenvalue weighted by Gasteiger charge is 2.09. The molecule has 5 nitrogen and oxygen atoms in total. The minimum absolute atomic E-state index is 0. The Labute approximate surface area is 172 Å². The number of aliphatic imine (C=N–C) groups is 1. The van der Waals surface area contributed by atoms with Crippen LogP contribution >= 0.6 is 35.6 Å². The quantitative estimate of drug-likeness (QED) is 0.383. The third-order valence-electron chi connectivity index (χ3n) is 4.15. The molecule has 2 N–H and O–H groups in total. The number of aryl methyl sites for hydroxylation is 2. The van der Waals surface area contributed by atoms with Crippen molar-refractivity contribution in [3.63, 3.8) is 0 Å². The molecule has 2 aromatic rings. The van der Waals surface area contributed by atoms with E-state index in [1.807, 2.05) is 29.9 Å². The first-order valence-electron chi connectivity index (χ1n) is 8.19. The molecule has 0 aliphatic heterocycles. The van der Waals surface area contributed by atoms with Crippen molar-refractivity contribution in [2.24, 2.45) is 12.0 Å². The van der Waals surface area contributed by atoms with E-state index in [9.17, 15) is 0 Å². The summed E-state index contributed by atoms with van der Waals surface area (Å²) < 4.78 is 1.93. The number of nitrogens with one attached hydrogen (secondary N) is 2. The average molecular weight is 476 g/mol. The highest BCUT2D eigenvalue weighted by molar-refractivity contribution is 14.0. The molecule has 0 amide bonds. The molecule has 25 heavy (non-hydrogen) atoms. The van der Waals surface area contributed by atoms with Crippen LogP contribution in [0, 0.1) is 13.8 Å². The maximum atomic E-state index is 6.00. The topological polar surface area (TPSA) is 54.2 Å². The number of aromatic nitrogens is 2. The van der Waals surface area contributed by atoms with Crippen LogP contribution in [0.2, 0.25) is 5.02 Å². The van der Waals surface area contributed by atoms with Crippen molar-refractivity contribution >= 4 is 41.5 Å². The summed E-state index contributed by atoms with van der Waals surface area (Å²) in [4.78, 5) is 4.27. The molecule has 0 saturated carbocycles. The van der Waals surface area contributed by atoms with Crippen LogP contribution in [0.15, 0.2) is 29.3 Å². The zero-order valence-corrected chi connectivity index (χ0v) is 18.4. The van der Waals surface area contributed by atoms with E-state index in [1.54, 1.807) is 7.05 Å². The fourth-order valence-corrected chi connectivity index (χ4v) is 2.94. The molecule has 0 aliphatic rings. The van der Waals surface area contributed by atoms with Crippen LogP contribution in [-0.2, 0) is 19.9 Å². The molecule has 0 atom stereocenters. The number of nitrogens with zero attached hydrogens (tertiary/aromatic N) is 3. The van der Waals surface area contributed by atoms with Gasteiger partial charge in [-0.25, -0.2) is 0 Å². The Morgan fingerprint density at radius 3 is 2.44 bits per heavy atom. The maximum absolute atomic E-state index is 6.00. The summed E-state index contributed by atoms with van der Waals surface area (Å²) in [5, 5.41) is 11.9. The molecule has 0 bridgehead atoms. The Morgan fingerprint density at radius 2 is 1.88 bits per heavy atom. The van der Waals surface area contributed by atoms with Crippen molar-refractivity contribution in [3.8, 4) is 0 Å². The molecule has 0 unspecified atom stereocenters. The van der Waals surface area contributed by atoms with Gasteiger partial charge in [0.25, 0.3) is 0 Å². The third kappa shape index (κ3) is 6.51. The molecule has 1 heterocycles. The molecule has 1 aromatic carbocycles. The number of hydrogen-bond donors (Lipinski definition) is 2. The summed E-state index contributed by atoms with van der Waals surface area (Å²) in [6, 6.07) is 7.94. The van der Waals surface area contributed by atoms with E-state index in [0.717, 1.165) is 42.6 Å². The molecule has 0 saturated heterocycles. The smallest absolute Gasteiger partial charge is 0.190 e. The average Bonchev–Trinajstić information content (AvgIpc) is 2.79. The summed E-state index contributed by atoms with van der Waals surface area (Å²) >= 11 is 6.00. The van der Waals surface area contributed by atoms with Gasteiger partial charge in [0, 0.05) is 37.9 Å². The van der Waals surface area contributed by atoms with Crippen LogP contribution in [-0.4, -0.2) is 35.9 Å². The van der Waals surface area contributed by atoms with E-state index in [1.165, 1.54) is 16.8 Å². The third-order valence-corrected chi connectivity index (χ3v) is 4.38. The van der Waals surface area contributed by atoms with Gasteiger partial charge in [0.1, 0.15) is 0 Å². The molecule has 7 heteroatoms. The van der Waals surface area contributed by atoms with Crippen molar-refractivity contribution in [2.75, 3.05) is 20.1 Å². The van der Waals surface area contributed by atoms with Crippen LogP contribution < -0.4 is 10.6 Å². The van der Waals surface area contributed by atoms with Gasteiger partial charge in [-0.15, -0.1) is 24.0 Å². The van der Waals surface area contributed by atoms with E-state index in [-0.39, 0.29) is 24.0 Å². The Balaban J connectivity index is 0.00000312. The lowest BCUT2D eigenvalue weighted by atomic mass is 10.1. The minimum Gasteiger partial charge on any atom is -0.356 e. The molecular formula is C18H27ClIN5. The second-order valence-corrected chi connectivity index (χ2v) is 6.27. The standard InChI is InChI=1S/C18H26ClN5.HI/c1-13-17(14(2)24(4)23-13)9-11-22-18(20-3)21-10-8-15-6-5-7-16(19)12-15;/h5-7,12H,8-11H2,1-4H3,(H2,20,21,22);1H. The molecule has 2 rings (SSSR count). The van der Waals surface area contributed by atoms with Crippen molar-refractivity contribution < 1.29 is 0 Å². The monoisotopic (exact) mass is 475 g/mol. The largest absolute Gasteiger partial charge is 0.356 e. The summed E-state index contributed by atoms with van der Waals surface area (Å²) in [7, 11) is 3.77. The second-order valence-electron chi connectivity index (χ2n) is 5.83. The van der Waals surface area contributed by atoms with Gasteiger partial charge in [0.05, 0.1) is 5.69 Å². The highest BCUT2D eigenvalue weighted by Crippen LogP contribution is 2.12. The molecular weight excluding hydrogens is 449 g/mol. The lowest BCUT2D eigenvalue weighted by molar-refractivity contribution is 0.728. The Morgan fingerprint density at radius 1 is 1.20 bits per heavy atom. The van der Waals surface area contributed by atoms with E-state index in [4.69, 9.17) is 11.6 Å². The number of halogens is 2. The zero-order valence-electron chi connectivity index (χ0n) is 15.3. The van der Waals surface area contributed by atoms with Gasteiger partial charge in [-0.2, -0.15) is 5.10 Å². The van der Waals surface area contributed by atoms with Crippen LogP contribution in [0.25, 0.3) is 0 Å². The second kappa shape index (κ2) is 10.7. The summed E-state index contributed by atoms with van der Waals surface area (Å²) in [6.45, 7) is 5.79. The fraction of sp³-hybridized carbons (Fsp3) is 0.444. The molecule has 0 radical (unpaired) electrons. The van der Waals surface area contributed by atoms with Gasteiger partial charge < -0.3 is 10.6 Å². The molecule has 1 aromatic heterocycles. The van der Waals surface area contributed by atoms with Crippen LogP contribution in [0.4, 0.5) is 0 Å². The van der Waals surface area contributed by atoms with Gasteiger partial charge in [-0.3, -0.25) is 9.67 Å². The highest BCUT2D eigenvalue weighted by atomic mass is 127. The number of rotatable bonds is 6. The number of benzene rings is 1. The molecule has 0 spiro atoms. The van der Waals surface area contributed by atoms with Gasteiger partial charge in [-0.1, -0.05) is 23.7 Å². The fourth-order valence-electron chi connectivity index (χ4n) is 2.72. The number of hydrogen-bond acceptors (Lipinski definition) is 2. The predicted octanol–water partition coefficient (Wildman–Crippen LogP) is 3.26. The molecule has 138 valence electrons.